The summed E-state index contributed by atoms with van der Waals surface area (Å²) in [7, 11) is 0. The minimum absolute atomic E-state index is 0.0925. The van der Waals surface area contributed by atoms with Crippen LogP contribution >= 0.6 is 0 Å². The molecule has 0 radical (unpaired) electrons. The normalized spacial score (nSPS) is 25.2. The zero-order valence-corrected chi connectivity index (χ0v) is 12.4. The first kappa shape index (κ1) is 15.9. The molecule has 116 valence electrons. The Morgan fingerprint density at radius 1 is 1.38 bits per heavy atom. The van der Waals surface area contributed by atoms with Crippen molar-refractivity contribution in [1.29, 1.82) is 0 Å². The van der Waals surface area contributed by atoms with Crippen molar-refractivity contribution in [1.82, 2.24) is 0 Å². The van der Waals surface area contributed by atoms with E-state index in [1.54, 1.807) is 0 Å². The molecule has 2 rings (SSSR count). The molecule has 1 aliphatic heterocycles. The first-order valence-electron chi connectivity index (χ1n) is 7.55. The van der Waals surface area contributed by atoms with Gasteiger partial charge in [-0.15, -0.1) is 0 Å². The average Bonchev–Trinajstić information content (AvgIpc) is 2.48. The van der Waals surface area contributed by atoms with Crippen LogP contribution in [-0.4, -0.2) is 35.4 Å². The van der Waals surface area contributed by atoms with E-state index in [0.717, 1.165) is 24.8 Å². The van der Waals surface area contributed by atoms with Gasteiger partial charge in [0.25, 0.3) is 0 Å². The van der Waals surface area contributed by atoms with Gasteiger partial charge in [0.2, 0.25) is 6.54 Å². The highest BCUT2D eigenvalue weighted by molar-refractivity contribution is 5.21. The van der Waals surface area contributed by atoms with Gasteiger partial charge in [-0.3, -0.25) is 10.1 Å². The van der Waals surface area contributed by atoms with E-state index in [1.807, 2.05) is 37.3 Å². The highest BCUT2D eigenvalue weighted by Gasteiger charge is 2.36. The monoisotopic (exact) mass is 293 g/mol. The van der Waals surface area contributed by atoms with Gasteiger partial charge >= 0.3 is 0 Å². The van der Waals surface area contributed by atoms with E-state index in [1.165, 1.54) is 0 Å². The number of aliphatic hydroxyl groups is 1. The van der Waals surface area contributed by atoms with E-state index in [2.05, 4.69) is 0 Å². The molecule has 21 heavy (non-hydrogen) atoms. The molecule has 1 saturated heterocycles. The number of hydrogen-bond acceptors (Lipinski definition) is 4. The van der Waals surface area contributed by atoms with Gasteiger partial charge in [-0.2, -0.15) is 0 Å². The fourth-order valence-corrected chi connectivity index (χ4v) is 3.21. The van der Waals surface area contributed by atoms with Gasteiger partial charge in [-0.05, 0) is 31.7 Å². The number of ether oxygens (including phenoxy) is 1. The van der Waals surface area contributed by atoms with Crippen LogP contribution in [0.5, 0.6) is 0 Å². The molecule has 0 bridgehead atoms. The van der Waals surface area contributed by atoms with Gasteiger partial charge in [0.15, 0.2) is 0 Å². The van der Waals surface area contributed by atoms with Crippen molar-refractivity contribution in [3.63, 3.8) is 0 Å². The van der Waals surface area contributed by atoms with E-state index in [9.17, 15) is 15.2 Å². The average molecular weight is 293 g/mol. The summed E-state index contributed by atoms with van der Waals surface area (Å²) in [5.74, 6) is -0.554. The van der Waals surface area contributed by atoms with Gasteiger partial charge < -0.3 is 9.84 Å². The number of hydrogen-bond donors (Lipinski definition) is 1. The topological polar surface area (TPSA) is 72.6 Å². The Labute approximate surface area is 125 Å². The van der Waals surface area contributed by atoms with E-state index in [-0.39, 0.29) is 42.1 Å². The van der Waals surface area contributed by atoms with Crippen molar-refractivity contribution in [2.45, 2.75) is 44.3 Å². The second-order valence-electron chi connectivity index (χ2n) is 5.79. The summed E-state index contributed by atoms with van der Waals surface area (Å²) in [5.41, 5.74) is 0.898. The maximum atomic E-state index is 11.0. The summed E-state index contributed by atoms with van der Waals surface area (Å²) in [6.45, 7) is 1.75. The SMILES string of the molecule is C[C@H]1CCC[C@@H]([C@@H](CO)[C@H](C[N+](=O)[O-])c2ccccc2)O1. The zero-order valence-electron chi connectivity index (χ0n) is 12.4. The fourth-order valence-electron chi connectivity index (χ4n) is 3.21. The Bertz CT molecular complexity index is 451. The molecule has 5 nitrogen and oxygen atoms in total. The summed E-state index contributed by atoms with van der Waals surface area (Å²) < 4.78 is 5.94. The van der Waals surface area contributed by atoms with Crippen LogP contribution in [0.25, 0.3) is 0 Å². The van der Waals surface area contributed by atoms with E-state index >= 15 is 0 Å². The van der Waals surface area contributed by atoms with E-state index in [4.69, 9.17) is 4.74 Å². The Hall–Kier alpha value is -1.46. The van der Waals surface area contributed by atoms with Gasteiger partial charge in [0.05, 0.1) is 18.1 Å². The minimum Gasteiger partial charge on any atom is -0.396 e. The quantitative estimate of drug-likeness (QED) is 0.646. The van der Waals surface area contributed by atoms with Crippen LogP contribution in [0.2, 0.25) is 0 Å². The molecule has 0 spiro atoms. The molecule has 1 heterocycles. The fraction of sp³-hybridized carbons (Fsp3) is 0.625. The van der Waals surface area contributed by atoms with Gasteiger partial charge in [-0.25, -0.2) is 0 Å². The number of benzene rings is 1. The van der Waals surface area contributed by atoms with Crippen LogP contribution in [0.3, 0.4) is 0 Å². The van der Waals surface area contributed by atoms with Crippen LogP contribution < -0.4 is 0 Å². The Balaban J connectivity index is 2.22. The maximum Gasteiger partial charge on any atom is 0.211 e. The van der Waals surface area contributed by atoms with Gasteiger partial charge in [0.1, 0.15) is 0 Å². The molecule has 0 aliphatic carbocycles. The van der Waals surface area contributed by atoms with Crippen LogP contribution in [0.15, 0.2) is 30.3 Å². The molecule has 1 aromatic carbocycles. The lowest BCUT2D eigenvalue weighted by Gasteiger charge is -2.36. The van der Waals surface area contributed by atoms with Crippen LogP contribution in [-0.2, 0) is 4.74 Å². The van der Waals surface area contributed by atoms with Crippen molar-refractivity contribution in [3.05, 3.63) is 46.0 Å². The molecule has 1 fully saturated rings. The Kier molecular flexibility index (Phi) is 5.70. The summed E-state index contributed by atoms with van der Waals surface area (Å²) in [6, 6.07) is 9.42. The lowest BCUT2D eigenvalue weighted by molar-refractivity contribution is -0.485. The van der Waals surface area contributed by atoms with E-state index in [0.29, 0.717) is 0 Å². The smallest absolute Gasteiger partial charge is 0.211 e. The summed E-state index contributed by atoms with van der Waals surface area (Å²) in [4.78, 5) is 10.7. The Morgan fingerprint density at radius 2 is 2.10 bits per heavy atom. The molecule has 0 unspecified atom stereocenters. The number of aliphatic hydroxyl groups excluding tert-OH is 1. The maximum absolute atomic E-state index is 11.0. The van der Waals surface area contributed by atoms with Crippen molar-refractivity contribution in [2.75, 3.05) is 13.2 Å². The molecule has 0 amide bonds. The van der Waals surface area contributed by atoms with Crippen molar-refractivity contribution in [3.8, 4) is 0 Å². The lowest BCUT2D eigenvalue weighted by Crippen LogP contribution is -2.39. The van der Waals surface area contributed by atoms with Gasteiger partial charge in [-0.1, -0.05) is 30.3 Å². The molecular weight excluding hydrogens is 270 g/mol. The highest BCUT2D eigenvalue weighted by atomic mass is 16.6. The number of nitrogens with zero attached hydrogens (tertiary/aromatic N) is 1. The first-order valence-corrected chi connectivity index (χ1v) is 7.55. The minimum atomic E-state index is -0.318. The largest absolute Gasteiger partial charge is 0.396 e. The molecule has 4 atom stereocenters. The molecule has 0 aromatic heterocycles. The molecule has 1 N–H and O–H groups in total. The van der Waals surface area contributed by atoms with Crippen LogP contribution in [0, 0.1) is 16.0 Å². The van der Waals surface area contributed by atoms with Crippen molar-refractivity contribution < 1.29 is 14.8 Å². The number of rotatable bonds is 6. The number of nitro groups is 1. The lowest BCUT2D eigenvalue weighted by atomic mass is 9.80. The van der Waals surface area contributed by atoms with Crippen molar-refractivity contribution >= 4 is 0 Å². The summed E-state index contributed by atoms with van der Waals surface area (Å²) in [5, 5.41) is 20.8. The first-order chi connectivity index (χ1) is 10.1. The van der Waals surface area contributed by atoms with Gasteiger partial charge in [0, 0.05) is 17.4 Å². The third-order valence-electron chi connectivity index (χ3n) is 4.29. The van der Waals surface area contributed by atoms with Crippen LogP contribution in [0.1, 0.15) is 37.7 Å². The second-order valence-corrected chi connectivity index (χ2v) is 5.79. The standard InChI is InChI=1S/C16H23NO4/c1-12-6-5-9-16(21-12)15(11-18)14(10-17(19)20)13-7-3-2-4-8-13/h2-4,7-8,12,14-16,18H,5-6,9-11H2,1H3/t12-,14+,15-,16-/m0/s1. The molecule has 1 aliphatic rings. The summed E-state index contributed by atoms with van der Waals surface area (Å²) >= 11 is 0. The summed E-state index contributed by atoms with van der Waals surface area (Å²) in [6.07, 6.45) is 2.97. The third-order valence-corrected chi connectivity index (χ3v) is 4.29. The second kappa shape index (κ2) is 7.52. The molecular formula is C16H23NO4. The molecule has 5 heteroatoms. The molecule has 1 aromatic rings. The zero-order chi connectivity index (χ0) is 15.2. The highest BCUT2D eigenvalue weighted by Crippen LogP contribution is 2.34. The Morgan fingerprint density at radius 3 is 2.67 bits per heavy atom. The van der Waals surface area contributed by atoms with Crippen molar-refractivity contribution in [2.24, 2.45) is 5.92 Å². The van der Waals surface area contributed by atoms with Crippen LogP contribution in [0.4, 0.5) is 0 Å². The van der Waals surface area contributed by atoms with E-state index < -0.39 is 0 Å². The predicted molar refractivity (Wildman–Crippen MR) is 79.8 cm³/mol. The predicted octanol–water partition coefficient (Wildman–Crippen LogP) is 2.61. The third kappa shape index (κ3) is 4.25. The molecule has 0 saturated carbocycles.